The molecule has 0 radical (unpaired) electrons. The Morgan fingerprint density at radius 2 is 2.08 bits per heavy atom. The monoisotopic (exact) mass is 367 g/mol. The molecule has 0 aliphatic heterocycles. The van der Waals surface area contributed by atoms with Gasteiger partial charge in [-0.3, -0.25) is 0 Å². The largest absolute Gasteiger partial charge is 0.388 e. The Bertz CT molecular complexity index is 962. The van der Waals surface area contributed by atoms with Gasteiger partial charge in [0.15, 0.2) is 5.65 Å². The van der Waals surface area contributed by atoms with Crippen molar-refractivity contribution in [2.75, 3.05) is 0 Å². The molecule has 0 saturated heterocycles. The maximum Gasteiger partial charge on any atom is 0.161 e. The molecular formula is C19H18ClN5O. The number of fused-ring (bicyclic) bond motifs is 1. The molecule has 6 nitrogen and oxygen atoms in total. The van der Waals surface area contributed by atoms with E-state index in [1.165, 1.54) is 6.33 Å². The van der Waals surface area contributed by atoms with Crippen LogP contribution in [0.4, 0.5) is 0 Å². The van der Waals surface area contributed by atoms with Crippen LogP contribution < -0.4 is 0 Å². The first-order valence-corrected chi connectivity index (χ1v) is 9.02. The molecule has 3 unspecified atom stereocenters. The molecule has 7 heteroatoms. The minimum absolute atomic E-state index is 0.167. The van der Waals surface area contributed by atoms with Gasteiger partial charge in [0.2, 0.25) is 0 Å². The van der Waals surface area contributed by atoms with Crippen LogP contribution in [0.1, 0.15) is 42.7 Å². The third-order valence-corrected chi connectivity index (χ3v) is 5.42. The van der Waals surface area contributed by atoms with Crippen LogP contribution in [0, 0.1) is 17.2 Å². The highest BCUT2D eigenvalue weighted by Crippen LogP contribution is 2.42. The summed E-state index contributed by atoms with van der Waals surface area (Å²) in [7, 11) is 0. The molecule has 3 atom stereocenters. The lowest BCUT2D eigenvalue weighted by molar-refractivity contribution is 0.109. The maximum atomic E-state index is 10.7. The number of hydrogen-bond donors (Lipinski definition) is 1. The van der Waals surface area contributed by atoms with Crippen LogP contribution in [0.2, 0.25) is 5.02 Å². The average molecular weight is 368 g/mol. The molecule has 0 spiro atoms. The van der Waals surface area contributed by atoms with Crippen molar-refractivity contribution in [2.45, 2.75) is 37.8 Å². The molecule has 1 N–H and O–H groups in total. The summed E-state index contributed by atoms with van der Waals surface area (Å²) in [5.74, 6) is 0.167. The van der Waals surface area contributed by atoms with E-state index in [2.05, 4.69) is 21.1 Å². The third-order valence-electron chi connectivity index (χ3n) is 5.17. The molecule has 1 aromatic carbocycles. The smallest absolute Gasteiger partial charge is 0.161 e. The van der Waals surface area contributed by atoms with Crippen LogP contribution >= 0.6 is 11.6 Å². The molecule has 0 bridgehead atoms. The zero-order valence-electron chi connectivity index (χ0n) is 14.1. The van der Waals surface area contributed by atoms with E-state index in [0.717, 1.165) is 35.9 Å². The predicted molar refractivity (Wildman–Crippen MR) is 97.4 cm³/mol. The Morgan fingerprint density at radius 1 is 1.27 bits per heavy atom. The molecule has 1 aliphatic rings. The van der Waals surface area contributed by atoms with E-state index in [0.29, 0.717) is 10.7 Å². The first-order valence-electron chi connectivity index (χ1n) is 8.65. The van der Waals surface area contributed by atoms with Crippen LogP contribution in [0.15, 0.2) is 36.8 Å². The van der Waals surface area contributed by atoms with Crippen LogP contribution in [-0.4, -0.2) is 24.9 Å². The first kappa shape index (κ1) is 17.0. The Kier molecular flexibility index (Phi) is 4.58. The van der Waals surface area contributed by atoms with Crippen molar-refractivity contribution < 1.29 is 5.11 Å². The number of aliphatic hydroxyl groups is 1. The molecule has 26 heavy (non-hydrogen) atoms. The van der Waals surface area contributed by atoms with Crippen LogP contribution in [0.5, 0.6) is 0 Å². The summed E-state index contributed by atoms with van der Waals surface area (Å²) < 4.78 is 1.92. The van der Waals surface area contributed by atoms with Gasteiger partial charge in [0.25, 0.3) is 0 Å². The summed E-state index contributed by atoms with van der Waals surface area (Å²) in [6, 6.07) is 9.69. The molecule has 2 aromatic heterocycles. The Hall–Kier alpha value is -2.49. The van der Waals surface area contributed by atoms with Crippen LogP contribution in [0.3, 0.4) is 0 Å². The summed E-state index contributed by atoms with van der Waals surface area (Å²) in [6.45, 7) is 0. The number of aromatic nitrogens is 4. The summed E-state index contributed by atoms with van der Waals surface area (Å²) in [5.41, 5.74) is 2.36. The normalized spacial score (nSPS) is 21.0. The van der Waals surface area contributed by atoms with E-state index in [4.69, 9.17) is 16.9 Å². The van der Waals surface area contributed by atoms with E-state index in [1.54, 1.807) is 18.3 Å². The van der Waals surface area contributed by atoms with Gasteiger partial charge in [0, 0.05) is 5.02 Å². The second kappa shape index (κ2) is 7.02. The Balaban J connectivity index is 1.56. The minimum Gasteiger partial charge on any atom is -0.388 e. The quantitative estimate of drug-likeness (QED) is 0.760. The fourth-order valence-corrected chi connectivity index (χ4v) is 3.95. The molecule has 1 saturated carbocycles. The molecule has 132 valence electrons. The summed E-state index contributed by atoms with van der Waals surface area (Å²) in [4.78, 5) is 8.56. The number of nitrogens with zero attached hydrogens (tertiary/aromatic N) is 5. The highest BCUT2D eigenvalue weighted by molar-refractivity contribution is 6.30. The van der Waals surface area contributed by atoms with Gasteiger partial charge in [-0.05, 0) is 42.9 Å². The number of aliphatic hydroxyl groups excluding tert-OH is 1. The lowest BCUT2D eigenvalue weighted by atomic mass is 9.94. The fourth-order valence-electron chi connectivity index (χ4n) is 3.83. The first-order chi connectivity index (χ1) is 12.7. The number of benzene rings is 1. The van der Waals surface area contributed by atoms with Gasteiger partial charge in [-0.25, -0.2) is 14.6 Å². The van der Waals surface area contributed by atoms with Gasteiger partial charge >= 0.3 is 0 Å². The fraction of sp³-hybridized carbons (Fsp3) is 0.368. The molecule has 2 heterocycles. The van der Waals surface area contributed by atoms with Gasteiger partial charge in [0.1, 0.15) is 6.33 Å². The highest BCUT2D eigenvalue weighted by atomic mass is 35.5. The summed E-state index contributed by atoms with van der Waals surface area (Å²) >= 11 is 5.93. The van der Waals surface area contributed by atoms with E-state index in [9.17, 15) is 5.11 Å². The van der Waals surface area contributed by atoms with E-state index < -0.39 is 6.10 Å². The van der Waals surface area contributed by atoms with Crippen molar-refractivity contribution in [2.24, 2.45) is 5.92 Å². The number of hydrogen-bond acceptors (Lipinski definition) is 5. The van der Waals surface area contributed by atoms with E-state index in [1.807, 2.05) is 16.8 Å². The lowest BCUT2D eigenvalue weighted by Gasteiger charge is -2.19. The summed E-state index contributed by atoms with van der Waals surface area (Å²) in [5, 5.41) is 25.7. The lowest BCUT2D eigenvalue weighted by Crippen LogP contribution is -2.12. The SMILES string of the molecule is N#CCc1ncnc2c1cnn2C1CCC(C(O)c2ccc(Cl)cc2)C1. The van der Waals surface area contributed by atoms with Crippen molar-refractivity contribution in [3.05, 3.63) is 53.1 Å². The topological polar surface area (TPSA) is 87.6 Å². The number of halogens is 1. The third kappa shape index (κ3) is 3.05. The average Bonchev–Trinajstić information content (AvgIpc) is 3.29. The summed E-state index contributed by atoms with van der Waals surface area (Å²) in [6.07, 6.45) is 5.65. The Labute approximate surface area is 156 Å². The zero-order valence-corrected chi connectivity index (χ0v) is 14.8. The standard InChI is InChI=1S/C19H18ClN5O/c20-14-4-1-12(2-5-14)18(26)13-3-6-15(9-13)25-19-16(10-24-25)17(7-8-21)22-11-23-19/h1-2,4-5,10-11,13,15,18,26H,3,6-7,9H2. The second-order valence-corrected chi connectivity index (χ2v) is 7.14. The maximum absolute atomic E-state index is 10.7. The van der Waals surface area contributed by atoms with Crippen LogP contribution in [-0.2, 0) is 6.42 Å². The predicted octanol–water partition coefficient (Wildman–Crippen LogP) is 3.62. The zero-order chi connectivity index (χ0) is 18.1. The second-order valence-electron chi connectivity index (χ2n) is 6.71. The van der Waals surface area contributed by atoms with Gasteiger partial charge < -0.3 is 5.11 Å². The van der Waals surface area contributed by atoms with E-state index in [-0.39, 0.29) is 18.4 Å². The van der Waals surface area contributed by atoms with Gasteiger partial charge in [-0.2, -0.15) is 10.4 Å². The Morgan fingerprint density at radius 3 is 2.85 bits per heavy atom. The van der Waals surface area contributed by atoms with E-state index >= 15 is 0 Å². The van der Waals surface area contributed by atoms with Crippen molar-refractivity contribution in [1.29, 1.82) is 5.26 Å². The van der Waals surface area contributed by atoms with Crippen molar-refractivity contribution in [1.82, 2.24) is 19.7 Å². The van der Waals surface area contributed by atoms with Crippen molar-refractivity contribution in [3.8, 4) is 6.07 Å². The van der Waals surface area contributed by atoms with Gasteiger partial charge in [-0.1, -0.05) is 23.7 Å². The van der Waals surface area contributed by atoms with Crippen molar-refractivity contribution >= 4 is 22.6 Å². The molecule has 0 amide bonds. The molecule has 1 fully saturated rings. The van der Waals surface area contributed by atoms with Crippen molar-refractivity contribution in [3.63, 3.8) is 0 Å². The molecular weight excluding hydrogens is 350 g/mol. The highest BCUT2D eigenvalue weighted by Gasteiger charge is 2.33. The van der Waals surface area contributed by atoms with Crippen LogP contribution in [0.25, 0.3) is 11.0 Å². The minimum atomic E-state index is -0.511. The molecule has 3 aromatic rings. The molecule has 4 rings (SSSR count). The van der Waals surface area contributed by atoms with Gasteiger partial charge in [0.05, 0.1) is 41.9 Å². The van der Waals surface area contributed by atoms with Gasteiger partial charge in [-0.15, -0.1) is 0 Å². The number of nitriles is 1. The number of rotatable bonds is 4. The molecule has 1 aliphatic carbocycles.